The first-order chi connectivity index (χ1) is 8.18. The van der Waals surface area contributed by atoms with Crippen LogP contribution in [0.1, 0.15) is 16.0 Å². The molecule has 0 aliphatic carbocycles. The van der Waals surface area contributed by atoms with Gasteiger partial charge in [0, 0.05) is 8.40 Å². The van der Waals surface area contributed by atoms with Crippen molar-refractivity contribution >= 4 is 38.5 Å². The van der Waals surface area contributed by atoms with Gasteiger partial charge in [0.1, 0.15) is 5.82 Å². The van der Waals surface area contributed by atoms with Gasteiger partial charge >= 0.3 is 0 Å². The van der Waals surface area contributed by atoms with Gasteiger partial charge in [-0.15, -0.1) is 0 Å². The summed E-state index contributed by atoms with van der Waals surface area (Å²) in [4.78, 5) is 0.146. The van der Waals surface area contributed by atoms with Crippen molar-refractivity contribution in [1.82, 2.24) is 0 Å². The Morgan fingerprint density at radius 1 is 1.06 bits per heavy atom. The lowest BCUT2D eigenvalue weighted by atomic mass is 10.0. The third-order valence-corrected chi connectivity index (χ3v) is 4.40. The fourth-order valence-corrected chi connectivity index (χ4v) is 3.64. The minimum absolute atomic E-state index is 0.136. The molecule has 0 aliphatic rings. The highest BCUT2D eigenvalue weighted by Crippen LogP contribution is 2.30. The summed E-state index contributed by atoms with van der Waals surface area (Å²) in [5, 5.41) is 0. The van der Waals surface area contributed by atoms with Crippen molar-refractivity contribution in [2.45, 2.75) is 11.2 Å². The van der Waals surface area contributed by atoms with Crippen molar-refractivity contribution in [3.63, 3.8) is 0 Å². The Morgan fingerprint density at radius 3 is 2.41 bits per heavy atom. The first kappa shape index (κ1) is 13.0. The van der Waals surface area contributed by atoms with Crippen LogP contribution < -0.4 is 0 Å². The lowest BCUT2D eigenvalue weighted by Gasteiger charge is -2.12. The standard InChI is InChI=1S/C14H11BrFI/c15-12(11-6-2-4-8-14(11)17)9-10-5-1-3-7-13(10)16/h1-8,12H,9H2. The molecule has 0 aromatic heterocycles. The van der Waals surface area contributed by atoms with Gasteiger partial charge in [-0.3, -0.25) is 0 Å². The van der Waals surface area contributed by atoms with E-state index in [2.05, 4.69) is 50.7 Å². The van der Waals surface area contributed by atoms with Crippen LogP contribution in [-0.4, -0.2) is 0 Å². The lowest BCUT2D eigenvalue weighted by molar-refractivity contribution is 0.608. The molecule has 2 aromatic carbocycles. The monoisotopic (exact) mass is 404 g/mol. The lowest BCUT2D eigenvalue weighted by Crippen LogP contribution is -1.99. The van der Waals surface area contributed by atoms with Crippen molar-refractivity contribution < 1.29 is 4.39 Å². The molecule has 0 radical (unpaired) electrons. The van der Waals surface area contributed by atoms with E-state index in [-0.39, 0.29) is 10.6 Å². The zero-order chi connectivity index (χ0) is 12.3. The molecule has 0 saturated heterocycles. The Bertz CT molecular complexity index is 513. The van der Waals surface area contributed by atoms with Crippen LogP contribution in [0.4, 0.5) is 4.39 Å². The molecule has 0 amide bonds. The normalized spacial score (nSPS) is 12.4. The maximum Gasteiger partial charge on any atom is 0.126 e. The maximum atomic E-state index is 13.5. The van der Waals surface area contributed by atoms with Crippen LogP contribution in [0, 0.1) is 9.39 Å². The Morgan fingerprint density at radius 2 is 1.71 bits per heavy atom. The van der Waals surface area contributed by atoms with E-state index in [1.165, 1.54) is 15.2 Å². The predicted octanol–water partition coefficient (Wildman–Crippen LogP) is 5.11. The second-order valence-electron chi connectivity index (χ2n) is 3.78. The Labute approximate surface area is 123 Å². The summed E-state index contributed by atoms with van der Waals surface area (Å²) >= 11 is 5.94. The molecule has 2 rings (SSSR count). The molecular formula is C14H11BrFI. The molecule has 17 heavy (non-hydrogen) atoms. The number of hydrogen-bond acceptors (Lipinski definition) is 0. The molecule has 0 saturated carbocycles. The van der Waals surface area contributed by atoms with Crippen molar-refractivity contribution in [1.29, 1.82) is 0 Å². The van der Waals surface area contributed by atoms with Gasteiger partial charge in [-0.05, 0) is 52.3 Å². The number of halogens is 3. The number of hydrogen-bond donors (Lipinski definition) is 0. The molecule has 88 valence electrons. The molecule has 0 heterocycles. The SMILES string of the molecule is Fc1ccccc1CC(Br)c1ccccc1I. The van der Waals surface area contributed by atoms with Crippen molar-refractivity contribution in [2.24, 2.45) is 0 Å². The third-order valence-electron chi connectivity index (χ3n) is 2.60. The maximum absolute atomic E-state index is 13.5. The summed E-state index contributed by atoms with van der Waals surface area (Å²) in [5.41, 5.74) is 1.95. The molecule has 0 bridgehead atoms. The van der Waals surface area contributed by atoms with E-state index in [1.807, 2.05) is 24.3 Å². The zero-order valence-corrected chi connectivity index (χ0v) is 12.8. The van der Waals surface area contributed by atoms with E-state index in [9.17, 15) is 4.39 Å². The summed E-state index contributed by atoms with van der Waals surface area (Å²) in [5.74, 6) is -0.136. The average Bonchev–Trinajstić information content (AvgIpc) is 2.32. The van der Waals surface area contributed by atoms with Crippen LogP contribution in [-0.2, 0) is 6.42 Å². The van der Waals surface area contributed by atoms with Gasteiger partial charge in [-0.2, -0.15) is 0 Å². The molecule has 1 unspecified atom stereocenters. The summed E-state index contributed by atoms with van der Waals surface area (Å²) < 4.78 is 14.7. The molecule has 3 heteroatoms. The largest absolute Gasteiger partial charge is 0.207 e. The Hall–Kier alpha value is -0.420. The van der Waals surface area contributed by atoms with Gasteiger partial charge in [0.05, 0.1) is 0 Å². The quantitative estimate of drug-likeness (QED) is 0.492. The first-order valence-corrected chi connectivity index (χ1v) is 7.30. The Kier molecular flexibility index (Phi) is 4.56. The zero-order valence-electron chi connectivity index (χ0n) is 9.04. The van der Waals surface area contributed by atoms with E-state index in [1.54, 1.807) is 6.07 Å². The molecule has 1 atom stereocenters. The molecular weight excluding hydrogens is 394 g/mol. The molecule has 2 aromatic rings. The van der Waals surface area contributed by atoms with Crippen molar-refractivity contribution in [3.8, 4) is 0 Å². The van der Waals surface area contributed by atoms with E-state index < -0.39 is 0 Å². The van der Waals surface area contributed by atoms with Crippen LogP contribution in [0.2, 0.25) is 0 Å². The number of benzene rings is 2. The number of rotatable bonds is 3. The van der Waals surface area contributed by atoms with E-state index >= 15 is 0 Å². The molecule has 0 N–H and O–H groups in total. The van der Waals surface area contributed by atoms with E-state index in [0.717, 1.165) is 5.56 Å². The van der Waals surface area contributed by atoms with Gasteiger partial charge in [0.25, 0.3) is 0 Å². The van der Waals surface area contributed by atoms with Gasteiger partial charge in [0.15, 0.2) is 0 Å². The summed E-state index contributed by atoms with van der Waals surface area (Å²) in [6.07, 6.45) is 0.659. The topological polar surface area (TPSA) is 0 Å². The van der Waals surface area contributed by atoms with Gasteiger partial charge in [-0.25, -0.2) is 4.39 Å². The highest BCUT2D eigenvalue weighted by molar-refractivity contribution is 14.1. The average molecular weight is 405 g/mol. The summed E-state index contributed by atoms with van der Waals surface area (Å²) in [7, 11) is 0. The summed E-state index contributed by atoms with van der Waals surface area (Å²) in [6, 6.07) is 15.1. The fraction of sp³-hybridized carbons (Fsp3) is 0.143. The van der Waals surface area contributed by atoms with Crippen molar-refractivity contribution in [3.05, 3.63) is 69.0 Å². The highest BCUT2D eigenvalue weighted by atomic mass is 127. The molecule has 0 aliphatic heterocycles. The number of alkyl halides is 1. The van der Waals surface area contributed by atoms with Gasteiger partial charge < -0.3 is 0 Å². The van der Waals surface area contributed by atoms with Gasteiger partial charge in [0.2, 0.25) is 0 Å². The van der Waals surface area contributed by atoms with Crippen LogP contribution in [0.25, 0.3) is 0 Å². The second kappa shape index (κ2) is 5.96. The van der Waals surface area contributed by atoms with Crippen molar-refractivity contribution in [2.75, 3.05) is 0 Å². The van der Waals surface area contributed by atoms with Crippen LogP contribution in [0.15, 0.2) is 48.5 Å². The third kappa shape index (κ3) is 3.28. The predicted molar refractivity (Wildman–Crippen MR) is 80.9 cm³/mol. The highest BCUT2D eigenvalue weighted by Gasteiger charge is 2.13. The Balaban J connectivity index is 2.20. The molecule has 0 spiro atoms. The summed E-state index contributed by atoms with van der Waals surface area (Å²) in [6.45, 7) is 0. The van der Waals surface area contributed by atoms with E-state index in [0.29, 0.717) is 6.42 Å². The smallest absolute Gasteiger partial charge is 0.126 e. The van der Waals surface area contributed by atoms with Crippen LogP contribution in [0.5, 0.6) is 0 Å². The van der Waals surface area contributed by atoms with Crippen LogP contribution >= 0.6 is 38.5 Å². The minimum Gasteiger partial charge on any atom is -0.207 e. The minimum atomic E-state index is -0.136. The fourth-order valence-electron chi connectivity index (χ4n) is 1.70. The molecule has 0 nitrogen and oxygen atoms in total. The second-order valence-corrected chi connectivity index (χ2v) is 6.05. The van der Waals surface area contributed by atoms with Crippen LogP contribution in [0.3, 0.4) is 0 Å². The first-order valence-electron chi connectivity index (χ1n) is 5.30. The molecule has 0 fully saturated rings. The van der Waals surface area contributed by atoms with E-state index in [4.69, 9.17) is 0 Å². The van der Waals surface area contributed by atoms with Gasteiger partial charge in [-0.1, -0.05) is 52.3 Å².